The van der Waals surface area contributed by atoms with Crippen LogP contribution in [-0.2, 0) is 4.79 Å². The van der Waals surface area contributed by atoms with E-state index in [1.54, 1.807) is 0 Å². The molecule has 0 N–H and O–H groups in total. The molecule has 4 heteroatoms. The molecule has 0 atom stereocenters. The van der Waals surface area contributed by atoms with Crippen molar-refractivity contribution in [2.75, 3.05) is 38.5 Å². The quantitative estimate of drug-likeness (QED) is 0.628. The fourth-order valence-corrected chi connectivity index (χ4v) is 1.93. The highest BCUT2D eigenvalue weighted by Gasteiger charge is 2.10. The van der Waals surface area contributed by atoms with Crippen LogP contribution in [0.15, 0.2) is 0 Å². The van der Waals surface area contributed by atoms with Gasteiger partial charge in [0.05, 0.1) is 0 Å². The van der Waals surface area contributed by atoms with Gasteiger partial charge in [-0.25, -0.2) is 0 Å². The lowest BCUT2D eigenvalue weighted by Crippen LogP contribution is -2.34. The Kier molecular flexibility index (Phi) is 9.83. The lowest BCUT2D eigenvalue weighted by Gasteiger charge is -2.23. The SMILES string of the molecule is CCN(CC)CCCN(CC)C(=O)CCS. The smallest absolute Gasteiger partial charge is 0.223 e. The van der Waals surface area contributed by atoms with E-state index < -0.39 is 0 Å². The summed E-state index contributed by atoms with van der Waals surface area (Å²) in [4.78, 5) is 16.0. The van der Waals surface area contributed by atoms with Gasteiger partial charge in [0.25, 0.3) is 0 Å². The van der Waals surface area contributed by atoms with Gasteiger partial charge >= 0.3 is 0 Å². The molecule has 0 saturated heterocycles. The van der Waals surface area contributed by atoms with Crippen LogP contribution in [-0.4, -0.2) is 54.2 Å². The van der Waals surface area contributed by atoms with E-state index in [2.05, 4.69) is 31.4 Å². The number of thiol groups is 1. The number of nitrogens with zero attached hydrogens (tertiary/aromatic N) is 2. The van der Waals surface area contributed by atoms with Gasteiger partial charge in [-0.05, 0) is 38.7 Å². The summed E-state index contributed by atoms with van der Waals surface area (Å²) in [5.74, 6) is 0.878. The lowest BCUT2D eigenvalue weighted by atomic mass is 10.3. The molecular weight excluding hydrogens is 220 g/mol. The molecule has 0 spiro atoms. The van der Waals surface area contributed by atoms with Crippen LogP contribution in [0, 0.1) is 0 Å². The molecule has 0 aliphatic carbocycles. The van der Waals surface area contributed by atoms with Crippen molar-refractivity contribution in [1.82, 2.24) is 9.80 Å². The van der Waals surface area contributed by atoms with Crippen molar-refractivity contribution < 1.29 is 4.79 Å². The Bertz CT molecular complexity index is 184. The van der Waals surface area contributed by atoms with Crippen molar-refractivity contribution in [3.05, 3.63) is 0 Å². The summed E-state index contributed by atoms with van der Waals surface area (Å²) in [5, 5.41) is 0. The summed E-state index contributed by atoms with van der Waals surface area (Å²) in [7, 11) is 0. The van der Waals surface area contributed by atoms with Crippen LogP contribution >= 0.6 is 12.6 Å². The predicted octanol–water partition coefficient (Wildman–Crippen LogP) is 1.89. The highest BCUT2D eigenvalue weighted by atomic mass is 32.1. The molecule has 0 saturated carbocycles. The van der Waals surface area contributed by atoms with Crippen molar-refractivity contribution in [3.8, 4) is 0 Å². The van der Waals surface area contributed by atoms with E-state index >= 15 is 0 Å². The third-order valence-corrected chi connectivity index (χ3v) is 3.08. The van der Waals surface area contributed by atoms with Crippen LogP contribution in [0.2, 0.25) is 0 Å². The van der Waals surface area contributed by atoms with E-state index in [-0.39, 0.29) is 5.91 Å². The van der Waals surface area contributed by atoms with E-state index in [1.807, 2.05) is 11.8 Å². The standard InChI is InChI=1S/C12H26N2OS/c1-4-13(5-2)9-7-10-14(6-3)12(15)8-11-16/h16H,4-11H2,1-3H3. The van der Waals surface area contributed by atoms with Crippen LogP contribution in [0.1, 0.15) is 33.6 Å². The Morgan fingerprint density at radius 1 is 1.06 bits per heavy atom. The number of rotatable bonds is 9. The molecule has 0 aromatic rings. The second-order valence-corrected chi connectivity index (χ2v) is 4.27. The normalized spacial score (nSPS) is 10.8. The summed E-state index contributed by atoms with van der Waals surface area (Å²) in [5.41, 5.74) is 0. The van der Waals surface area contributed by atoms with Gasteiger partial charge in [0.1, 0.15) is 0 Å². The van der Waals surface area contributed by atoms with Crippen LogP contribution < -0.4 is 0 Å². The molecule has 1 amide bonds. The van der Waals surface area contributed by atoms with E-state index in [4.69, 9.17) is 0 Å². The first kappa shape index (κ1) is 15.8. The maximum atomic E-state index is 11.7. The van der Waals surface area contributed by atoms with Crippen molar-refractivity contribution >= 4 is 18.5 Å². The average Bonchev–Trinajstić information content (AvgIpc) is 2.30. The largest absolute Gasteiger partial charge is 0.343 e. The summed E-state index contributed by atoms with van der Waals surface area (Å²) in [6.07, 6.45) is 1.62. The Labute approximate surface area is 106 Å². The molecule has 0 fully saturated rings. The highest BCUT2D eigenvalue weighted by molar-refractivity contribution is 7.80. The van der Waals surface area contributed by atoms with Crippen molar-refractivity contribution in [1.29, 1.82) is 0 Å². The number of hydrogen-bond acceptors (Lipinski definition) is 3. The topological polar surface area (TPSA) is 23.6 Å². The minimum absolute atomic E-state index is 0.233. The zero-order valence-electron chi connectivity index (χ0n) is 10.9. The van der Waals surface area contributed by atoms with E-state index in [0.717, 1.165) is 39.1 Å². The van der Waals surface area contributed by atoms with Gasteiger partial charge < -0.3 is 9.80 Å². The molecule has 16 heavy (non-hydrogen) atoms. The van der Waals surface area contributed by atoms with Crippen molar-refractivity contribution in [2.45, 2.75) is 33.6 Å². The predicted molar refractivity (Wildman–Crippen MR) is 73.1 cm³/mol. The maximum Gasteiger partial charge on any atom is 0.223 e. The van der Waals surface area contributed by atoms with E-state index in [9.17, 15) is 4.79 Å². The third kappa shape index (κ3) is 6.38. The minimum atomic E-state index is 0.233. The molecule has 0 aromatic carbocycles. The Hall–Kier alpha value is -0.220. The molecular formula is C12H26N2OS. The van der Waals surface area contributed by atoms with Crippen LogP contribution in [0.25, 0.3) is 0 Å². The van der Waals surface area contributed by atoms with Gasteiger partial charge in [-0.15, -0.1) is 0 Å². The molecule has 0 heterocycles. The van der Waals surface area contributed by atoms with Gasteiger partial charge in [0.15, 0.2) is 0 Å². The minimum Gasteiger partial charge on any atom is -0.343 e. The second-order valence-electron chi connectivity index (χ2n) is 3.83. The van der Waals surface area contributed by atoms with Crippen LogP contribution in [0.5, 0.6) is 0 Å². The first-order chi connectivity index (χ1) is 7.69. The van der Waals surface area contributed by atoms with E-state index in [1.165, 1.54) is 0 Å². The molecule has 3 nitrogen and oxygen atoms in total. The molecule has 0 aliphatic rings. The number of amides is 1. The van der Waals surface area contributed by atoms with Gasteiger partial charge in [-0.2, -0.15) is 12.6 Å². The zero-order valence-corrected chi connectivity index (χ0v) is 11.8. The molecule has 0 rings (SSSR count). The first-order valence-electron chi connectivity index (χ1n) is 6.30. The van der Waals surface area contributed by atoms with Crippen LogP contribution in [0.3, 0.4) is 0 Å². The molecule has 0 aliphatic heterocycles. The van der Waals surface area contributed by atoms with Gasteiger partial charge in [-0.3, -0.25) is 4.79 Å². The molecule has 0 bridgehead atoms. The Morgan fingerprint density at radius 2 is 1.69 bits per heavy atom. The van der Waals surface area contributed by atoms with Crippen molar-refractivity contribution in [3.63, 3.8) is 0 Å². The maximum absolute atomic E-state index is 11.7. The summed E-state index contributed by atoms with van der Waals surface area (Å²) < 4.78 is 0. The molecule has 0 aromatic heterocycles. The lowest BCUT2D eigenvalue weighted by molar-refractivity contribution is -0.130. The summed E-state index contributed by atoms with van der Waals surface area (Å²) in [6.45, 7) is 11.3. The Balaban J connectivity index is 3.82. The zero-order chi connectivity index (χ0) is 12.4. The number of carbonyl (C=O) groups excluding carboxylic acids is 1. The van der Waals surface area contributed by atoms with E-state index in [0.29, 0.717) is 12.2 Å². The van der Waals surface area contributed by atoms with Gasteiger partial charge in [0, 0.05) is 19.5 Å². The molecule has 0 radical (unpaired) electrons. The van der Waals surface area contributed by atoms with Gasteiger partial charge in [0.2, 0.25) is 5.91 Å². The Morgan fingerprint density at radius 3 is 2.12 bits per heavy atom. The molecule has 0 unspecified atom stereocenters. The fraction of sp³-hybridized carbons (Fsp3) is 0.917. The monoisotopic (exact) mass is 246 g/mol. The highest BCUT2D eigenvalue weighted by Crippen LogP contribution is 1.99. The second kappa shape index (κ2) is 9.97. The van der Waals surface area contributed by atoms with Gasteiger partial charge in [-0.1, -0.05) is 13.8 Å². The third-order valence-electron chi connectivity index (χ3n) is 2.86. The molecule has 96 valence electrons. The van der Waals surface area contributed by atoms with Crippen molar-refractivity contribution in [2.24, 2.45) is 0 Å². The fourth-order valence-electron chi connectivity index (χ4n) is 1.74. The first-order valence-corrected chi connectivity index (χ1v) is 6.93. The van der Waals surface area contributed by atoms with Crippen LogP contribution in [0.4, 0.5) is 0 Å². The summed E-state index contributed by atoms with van der Waals surface area (Å²) in [6, 6.07) is 0. The number of hydrogen-bond donors (Lipinski definition) is 1. The summed E-state index contributed by atoms with van der Waals surface area (Å²) >= 11 is 4.09. The number of carbonyl (C=O) groups is 1. The average molecular weight is 246 g/mol.